The smallest absolute Gasteiger partial charge is 0.174 e. The molecule has 0 amide bonds. The fraction of sp³-hybridized carbons (Fsp3) is 0.200. The predicted molar refractivity (Wildman–Crippen MR) is 111 cm³/mol. The number of benzene rings is 1. The molecule has 4 rings (SSSR count). The van der Waals surface area contributed by atoms with Crippen LogP contribution in [-0.2, 0) is 7.05 Å². The van der Waals surface area contributed by atoms with Crippen LogP contribution in [0, 0.1) is 6.92 Å². The van der Waals surface area contributed by atoms with Crippen molar-refractivity contribution < 1.29 is 5.11 Å². The van der Waals surface area contributed by atoms with Crippen LogP contribution in [0.2, 0.25) is 5.02 Å². The summed E-state index contributed by atoms with van der Waals surface area (Å²) < 4.78 is 2.13. The van der Waals surface area contributed by atoms with Crippen molar-refractivity contribution in [2.45, 2.75) is 19.0 Å². The Morgan fingerprint density at radius 3 is 2.67 bits per heavy atom. The van der Waals surface area contributed by atoms with E-state index in [2.05, 4.69) is 33.9 Å². The number of phenolic OH excluding ortho intramolecular Hbond substituents is 1. The summed E-state index contributed by atoms with van der Waals surface area (Å²) >= 11 is 11.9. The SMILES string of the molecule is Cc1ccc([C@H]2[C@H](c3ccccn3)NC(=S)N2c2cc(Cl)ccc2O)n1C. The Labute approximate surface area is 168 Å². The van der Waals surface area contributed by atoms with Crippen LogP contribution < -0.4 is 10.2 Å². The molecule has 0 spiro atoms. The maximum atomic E-state index is 10.5. The van der Waals surface area contributed by atoms with Gasteiger partial charge in [-0.25, -0.2) is 0 Å². The average Bonchev–Trinajstić information content (AvgIpc) is 3.17. The molecule has 5 nitrogen and oxygen atoms in total. The van der Waals surface area contributed by atoms with Gasteiger partial charge in [0.05, 0.1) is 17.4 Å². The van der Waals surface area contributed by atoms with Crippen LogP contribution in [-0.4, -0.2) is 19.8 Å². The lowest BCUT2D eigenvalue weighted by atomic mass is 10.0. The topological polar surface area (TPSA) is 53.3 Å². The van der Waals surface area contributed by atoms with Crippen molar-refractivity contribution in [3.05, 3.63) is 76.8 Å². The molecule has 0 aliphatic carbocycles. The number of anilines is 1. The lowest BCUT2D eigenvalue weighted by molar-refractivity contribution is 0.471. The minimum atomic E-state index is -0.185. The van der Waals surface area contributed by atoms with Gasteiger partial charge < -0.3 is 19.9 Å². The minimum absolute atomic E-state index is 0.126. The molecule has 138 valence electrons. The molecule has 0 saturated carbocycles. The fourth-order valence-electron chi connectivity index (χ4n) is 3.53. The maximum absolute atomic E-state index is 10.5. The molecule has 1 aromatic carbocycles. The number of pyridine rings is 1. The monoisotopic (exact) mass is 398 g/mol. The van der Waals surface area contributed by atoms with Crippen molar-refractivity contribution in [2.24, 2.45) is 7.05 Å². The lowest BCUT2D eigenvalue weighted by Crippen LogP contribution is -2.30. The molecule has 2 N–H and O–H groups in total. The molecular formula is C20H19ClN4OS. The molecule has 2 aromatic heterocycles. The van der Waals surface area contributed by atoms with Crippen molar-refractivity contribution in [3.63, 3.8) is 0 Å². The highest BCUT2D eigenvalue weighted by Crippen LogP contribution is 2.44. The van der Waals surface area contributed by atoms with E-state index in [9.17, 15) is 5.11 Å². The van der Waals surface area contributed by atoms with Gasteiger partial charge in [0.25, 0.3) is 0 Å². The second-order valence-electron chi connectivity index (χ2n) is 6.59. The van der Waals surface area contributed by atoms with E-state index in [0.29, 0.717) is 15.8 Å². The zero-order chi connectivity index (χ0) is 19.1. The molecule has 3 heterocycles. The van der Waals surface area contributed by atoms with E-state index in [-0.39, 0.29) is 17.8 Å². The summed E-state index contributed by atoms with van der Waals surface area (Å²) in [6, 6.07) is 14.6. The van der Waals surface area contributed by atoms with Gasteiger partial charge in [-0.2, -0.15) is 0 Å². The highest BCUT2D eigenvalue weighted by molar-refractivity contribution is 7.80. The van der Waals surface area contributed by atoms with Gasteiger partial charge in [0.15, 0.2) is 5.11 Å². The van der Waals surface area contributed by atoms with Crippen LogP contribution >= 0.6 is 23.8 Å². The van der Waals surface area contributed by atoms with E-state index in [0.717, 1.165) is 17.1 Å². The molecule has 0 unspecified atom stereocenters. The van der Waals surface area contributed by atoms with Gasteiger partial charge in [-0.1, -0.05) is 17.7 Å². The molecule has 0 bridgehead atoms. The van der Waals surface area contributed by atoms with Gasteiger partial charge in [-0.05, 0) is 61.6 Å². The van der Waals surface area contributed by atoms with Gasteiger partial charge in [0.1, 0.15) is 11.8 Å². The van der Waals surface area contributed by atoms with Crippen molar-refractivity contribution in [1.29, 1.82) is 0 Å². The number of nitrogens with one attached hydrogen (secondary N) is 1. The third-order valence-corrected chi connectivity index (χ3v) is 5.56. The molecule has 1 fully saturated rings. The first-order chi connectivity index (χ1) is 13.0. The van der Waals surface area contributed by atoms with Crippen molar-refractivity contribution in [3.8, 4) is 5.75 Å². The Hall–Kier alpha value is -2.57. The summed E-state index contributed by atoms with van der Waals surface area (Å²) in [6.07, 6.45) is 1.77. The summed E-state index contributed by atoms with van der Waals surface area (Å²) in [5.74, 6) is 0.126. The standard InChI is InChI=1S/C20H19ClN4OS/c1-12-6-8-15(24(12)2)19-18(14-5-3-4-10-22-14)23-20(27)25(19)16-11-13(21)7-9-17(16)26/h3-11,18-19,26H,1-2H3,(H,23,27)/t18-,19-/m0/s1. The first-order valence-electron chi connectivity index (χ1n) is 8.59. The summed E-state index contributed by atoms with van der Waals surface area (Å²) in [6.45, 7) is 2.06. The molecule has 1 aliphatic heterocycles. The molecule has 27 heavy (non-hydrogen) atoms. The van der Waals surface area contributed by atoms with Crippen LogP contribution in [0.1, 0.15) is 29.2 Å². The zero-order valence-corrected chi connectivity index (χ0v) is 16.5. The van der Waals surface area contributed by atoms with Gasteiger partial charge in [-0.15, -0.1) is 0 Å². The summed E-state index contributed by atoms with van der Waals surface area (Å²) in [5, 5.41) is 14.9. The van der Waals surface area contributed by atoms with E-state index >= 15 is 0 Å². The Kier molecular flexibility index (Phi) is 4.53. The number of hydrogen-bond acceptors (Lipinski definition) is 3. The minimum Gasteiger partial charge on any atom is -0.506 e. The number of rotatable bonds is 3. The van der Waals surface area contributed by atoms with Crippen LogP contribution in [0.4, 0.5) is 5.69 Å². The van der Waals surface area contributed by atoms with Crippen molar-refractivity contribution >= 4 is 34.6 Å². The molecule has 1 aliphatic rings. The Morgan fingerprint density at radius 1 is 1.19 bits per heavy atom. The quantitative estimate of drug-likeness (QED) is 0.645. The normalized spacial score (nSPS) is 19.4. The first-order valence-corrected chi connectivity index (χ1v) is 9.37. The molecule has 3 aromatic rings. The van der Waals surface area contributed by atoms with Crippen LogP contribution in [0.3, 0.4) is 0 Å². The van der Waals surface area contributed by atoms with Gasteiger partial charge in [0, 0.05) is 29.7 Å². The van der Waals surface area contributed by atoms with Crippen molar-refractivity contribution in [2.75, 3.05) is 4.90 Å². The molecular weight excluding hydrogens is 380 g/mol. The Bertz CT molecular complexity index is 1000. The largest absolute Gasteiger partial charge is 0.506 e. The molecule has 2 atom stereocenters. The van der Waals surface area contributed by atoms with Gasteiger partial charge in [-0.3, -0.25) is 4.98 Å². The second-order valence-corrected chi connectivity index (χ2v) is 7.41. The van der Waals surface area contributed by atoms with Crippen molar-refractivity contribution in [1.82, 2.24) is 14.9 Å². The highest BCUT2D eigenvalue weighted by atomic mass is 35.5. The van der Waals surface area contributed by atoms with Crippen LogP contribution in [0.15, 0.2) is 54.7 Å². The van der Waals surface area contributed by atoms with E-state index in [1.807, 2.05) is 30.1 Å². The number of aromatic hydroxyl groups is 1. The number of phenols is 1. The zero-order valence-electron chi connectivity index (χ0n) is 14.9. The van der Waals surface area contributed by atoms with E-state index in [1.54, 1.807) is 24.4 Å². The Morgan fingerprint density at radius 2 is 2.00 bits per heavy atom. The van der Waals surface area contributed by atoms with Gasteiger partial charge in [0.2, 0.25) is 0 Å². The number of nitrogens with zero attached hydrogens (tertiary/aromatic N) is 3. The summed E-state index contributed by atoms with van der Waals surface area (Å²) in [7, 11) is 2.03. The lowest BCUT2D eigenvalue weighted by Gasteiger charge is -2.29. The van der Waals surface area contributed by atoms with E-state index < -0.39 is 0 Å². The number of aromatic nitrogens is 2. The first kappa shape index (κ1) is 17.8. The maximum Gasteiger partial charge on any atom is 0.174 e. The second kappa shape index (κ2) is 6.87. The highest BCUT2D eigenvalue weighted by Gasteiger charge is 2.42. The third-order valence-electron chi connectivity index (χ3n) is 5.01. The third kappa shape index (κ3) is 3.05. The fourth-order valence-corrected chi connectivity index (χ4v) is 4.04. The number of aryl methyl sites for hydroxylation is 1. The predicted octanol–water partition coefficient (Wildman–Crippen LogP) is 4.26. The molecule has 7 heteroatoms. The Balaban J connectivity index is 1.90. The van der Waals surface area contributed by atoms with E-state index in [4.69, 9.17) is 23.8 Å². The van der Waals surface area contributed by atoms with Crippen LogP contribution in [0.25, 0.3) is 0 Å². The molecule has 0 radical (unpaired) electrons. The summed E-state index contributed by atoms with van der Waals surface area (Å²) in [4.78, 5) is 6.45. The van der Waals surface area contributed by atoms with E-state index in [1.165, 1.54) is 0 Å². The number of hydrogen-bond donors (Lipinski definition) is 2. The molecule has 1 saturated heterocycles. The number of halogens is 1. The van der Waals surface area contributed by atoms with Gasteiger partial charge >= 0.3 is 0 Å². The summed E-state index contributed by atoms with van der Waals surface area (Å²) in [5.41, 5.74) is 3.66. The number of thiocarbonyl (C=S) groups is 1. The van der Waals surface area contributed by atoms with Crippen LogP contribution in [0.5, 0.6) is 5.75 Å². The average molecular weight is 399 g/mol.